The van der Waals surface area contributed by atoms with Crippen molar-refractivity contribution in [3.63, 3.8) is 0 Å². The van der Waals surface area contributed by atoms with Crippen molar-refractivity contribution in [2.24, 2.45) is 0 Å². The van der Waals surface area contributed by atoms with E-state index in [1.165, 1.54) is 5.56 Å². The summed E-state index contributed by atoms with van der Waals surface area (Å²) in [6.45, 7) is 2.16. The molecule has 22 heavy (non-hydrogen) atoms. The summed E-state index contributed by atoms with van der Waals surface area (Å²) in [4.78, 5) is 2.21. The van der Waals surface area contributed by atoms with Crippen LogP contribution in [-0.4, -0.2) is 5.11 Å². The zero-order valence-corrected chi connectivity index (χ0v) is 12.6. The second-order valence-corrected chi connectivity index (χ2v) is 5.33. The van der Waals surface area contributed by atoms with Crippen molar-refractivity contribution in [1.82, 2.24) is 0 Å². The minimum Gasteiger partial charge on any atom is -0.392 e. The molecule has 2 nitrogen and oxygen atoms in total. The molecule has 2 heteroatoms. The number of aryl methyl sites for hydroxylation is 1. The third-order valence-electron chi connectivity index (χ3n) is 3.68. The van der Waals surface area contributed by atoms with Gasteiger partial charge in [0.2, 0.25) is 0 Å². The van der Waals surface area contributed by atoms with Gasteiger partial charge in [0.15, 0.2) is 0 Å². The predicted octanol–water partition coefficient (Wildman–Crippen LogP) is 4.96. The molecule has 0 aromatic heterocycles. The fourth-order valence-electron chi connectivity index (χ4n) is 2.47. The van der Waals surface area contributed by atoms with Crippen molar-refractivity contribution in [2.75, 3.05) is 4.90 Å². The van der Waals surface area contributed by atoms with Crippen molar-refractivity contribution in [1.29, 1.82) is 0 Å². The van der Waals surface area contributed by atoms with Crippen LogP contribution in [0.5, 0.6) is 0 Å². The molecule has 0 aliphatic rings. The van der Waals surface area contributed by atoms with Gasteiger partial charge in [-0.1, -0.05) is 48.0 Å². The highest BCUT2D eigenvalue weighted by molar-refractivity contribution is 5.76. The lowest BCUT2D eigenvalue weighted by atomic mass is 10.1. The Kier molecular flexibility index (Phi) is 4.22. The van der Waals surface area contributed by atoms with Crippen molar-refractivity contribution in [3.05, 3.63) is 90.0 Å². The van der Waals surface area contributed by atoms with E-state index in [0.717, 1.165) is 22.6 Å². The van der Waals surface area contributed by atoms with E-state index in [2.05, 4.69) is 48.2 Å². The molecule has 0 fully saturated rings. The molecule has 110 valence electrons. The molecular formula is C20H19NO. The molecular weight excluding hydrogens is 270 g/mol. The zero-order chi connectivity index (χ0) is 15.4. The van der Waals surface area contributed by atoms with Gasteiger partial charge in [-0.3, -0.25) is 0 Å². The van der Waals surface area contributed by atoms with Gasteiger partial charge in [-0.25, -0.2) is 0 Å². The van der Waals surface area contributed by atoms with Crippen LogP contribution in [-0.2, 0) is 6.61 Å². The molecule has 0 atom stereocenters. The lowest BCUT2D eigenvalue weighted by Gasteiger charge is -2.25. The van der Waals surface area contributed by atoms with Gasteiger partial charge in [0.05, 0.1) is 6.61 Å². The highest BCUT2D eigenvalue weighted by Crippen LogP contribution is 2.34. The van der Waals surface area contributed by atoms with Gasteiger partial charge in [0.1, 0.15) is 0 Å². The lowest BCUT2D eigenvalue weighted by molar-refractivity contribution is 0.282. The van der Waals surface area contributed by atoms with Gasteiger partial charge in [0, 0.05) is 17.1 Å². The van der Waals surface area contributed by atoms with E-state index in [0.29, 0.717) is 0 Å². The summed E-state index contributed by atoms with van der Waals surface area (Å²) in [5, 5.41) is 9.22. The van der Waals surface area contributed by atoms with Gasteiger partial charge >= 0.3 is 0 Å². The van der Waals surface area contributed by atoms with Gasteiger partial charge < -0.3 is 10.0 Å². The van der Waals surface area contributed by atoms with Crippen LogP contribution in [0.15, 0.2) is 78.9 Å². The van der Waals surface area contributed by atoms with Gasteiger partial charge in [0.25, 0.3) is 0 Å². The molecule has 0 aliphatic heterocycles. The Morgan fingerprint density at radius 2 is 1.18 bits per heavy atom. The van der Waals surface area contributed by atoms with Crippen LogP contribution in [0.3, 0.4) is 0 Å². The topological polar surface area (TPSA) is 23.5 Å². The first-order valence-electron chi connectivity index (χ1n) is 7.39. The standard InChI is InChI=1S/C20H19NO/c1-16-7-11-19(12-8-16)21(18-5-3-2-4-6-18)20-13-9-17(15-22)10-14-20/h2-14,22H,15H2,1H3. The number of anilines is 3. The maximum absolute atomic E-state index is 9.22. The van der Waals surface area contributed by atoms with Crippen LogP contribution in [0.2, 0.25) is 0 Å². The molecule has 1 N–H and O–H groups in total. The minimum atomic E-state index is 0.0656. The first-order chi connectivity index (χ1) is 10.8. The third kappa shape index (κ3) is 3.02. The molecule has 0 saturated carbocycles. The van der Waals surface area contributed by atoms with Crippen molar-refractivity contribution < 1.29 is 5.11 Å². The molecule has 0 spiro atoms. The first-order valence-corrected chi connectivity index (χ1v) is 7.39. The molecule has 3 rings (SSSR count). The Morgan fingerprint density at radius 3 is 1.73 bits per heavy atom. The van der Waals surface area contributed by atoms with E-state index in [1.54, 1.807) is 0 Å². The summed E-state index contributed by atoms with van der Waals surface area (Å²) in [7, 11) is 0. The van der Waals surface area contributed by atoms with Crippen molar-refractivity contribution >= 4 is 17.1 Å². The molecule has 0 heterocycles. The third-order valence-corrected chi connectivity index (χ3v) is 3.68. The Hall–Kier alpha value is -2.58. The molecule has 3 aromatic carbocycles. The van der Waals surface area contributed by atoms with Crippen LogP contribution in [0.4, 0.5) is 17.1 Å². The number of hydrogen-bond donors (Lipinski definition) is 1. The first kappa shape index (κ1) is 14.4. The summed E-state index contributed by atoms with van der Waals surface area (Å²) in [6, 6.07) is 26.8. The van der Waals surface area contributed by atoms with Gasteiger partial charge in [-0.15, -0.1) is 0 Å². The predicted molar refractivity (Wildman–Crippen MR) is 91.8 cm³/mol. The molecule has 0 unspecified atom stereocenters. The molecule has 0 aliphatic carbocycles. The number of aliphatic hydroxyl groups excluding tert-OH is 1. The summed E-state index contributed by atoms with van der Waals surface area (Å²) in [5.74, 6) is 0. The van der Waals surface area contributed by atoms with Crippen LogP contribution in [0.1, 0.15) is 11.1 Å². The summed E-state index contributed by atoms with van der Waals surface area (Å²) < 4.78 is 0. The zero-order valence-electron chi connectivity index (χ0n) is 12.6. The quantitative estimate of drug-likeness (QED) is 0.734. The fourth-order valence-corrected chi connectivity index (χ4v) is 2.47. The average molecular weight is 289 g/mol. The molecule has 0 radical (unpaired) electrons. The Balaban J connectivity index is 2.07. The Labute approximate surface area is 131 Å². The molecule has 3 aromatic rings. The highest BCUT2D eigenvalue weighted by Gasteiger charge is 2.11. The SMILES string of the molecule is Cc1ccc(N(c2ccccc2)c2ccc(CO)cc2)cc1. The van der Waals surface area contributed by atoms with Crippen LogP contribution >= 0.6 is 0 Å². The molecule has 0 bridgehead atoms. The van der Waals surface area contributed by atoms with Crippen LogP contribution < -0.4 is 4.90 Å². The second-order valence-electron chi connectivity index (χ2n) is 5.33. The number of aliphatic hydroxyl groups is 1. The second kappa shape index (κ2) is 6.46. The summed E-state index contributed by atoms with van der Waals surface area (Å²) >= 11 is 0. The highest BCUT2D eigenvalue weighted by atomic mass is 16.3. The van der Waals surface area contributed by atoms with Crippen molar-refractivity contribution in [2.45, 2.75) is 13.5 Å². The van der Waals surface area contributed by atoms with Crippen LogP contribution in [0, 0.1) is 6.92 Å². The van der Waals surface area contributed by atoms with E-state index in [4.69, 9.17) is 0 Å². The summed E-state index contributed by atoms with van der Waals surface area (Å²) in [5.41, 5.74) is 5.47. The normalized spacial score (nSPS) is 10.5. The monoisotopic (exact) mass is 289 g/mol. The fraction of sp³-hybridized carbons (Fsp3) is 0.100. The van der Waals surface area contributed by atoms with E-state index in [-0.39, 0.29) is 6.61 Å². The number of nitrogens with zero attached hydrogens (tertiary/aromatic N) is 1. The number of rotatable bonds is 4. The van der Waals surface area contributed by atoms with E-state index < -0.39 is 0 Å². The van der Waals surface area contributed by atoms with Gasteiger partial charge in [-0.05, 0) is 48.9 Å². The summed E-state index contributed by atoms with van der Waals surface area (Å²) in [6.07, 6.45) is 0. The van der Waals surface area contributed by atoms with E-state index in [9.17, 15) is 5.11 Å². The minimum absolute atomic E-state index is 0.0656. The smallest absolute Gasteiger partial charge is 0.0681 e. The van der Waals surface area contributed by atoms with E-state index >= 15 is 0 Å². The van der Waals surface area contributed by atoms with Crippen molar-refractivity contribution in [3.8, 4) is 0 Å². The largest absolute Gasteiger partial charge is 0.392 e. The number of hydrogen-bond acceptors (Lipinski definition) is 2. The van der Waals surface area contributed by atoms with E-state index in [1.807, 2.05) is 42.5 Å². The van der Waals surface area contributed by atoms with Crippen LogP contribution in [0.25, 0.3) is 0 Å². The Morgan fingerprint density at radius 1 is 0.682 bits per heavy atom. The number of para-hydroxylation sites is 1. The maximum atomic E-state index is 9.22. The Bertz CT molecular complexity index is 718. The van der Waals surface area contributed by atoms with Gasteiger partial charge in [-0.2, -0.15) is 0 Å². The molecule has 0 amide bonds. The number of benzene rings is 3. The average Bonchev–Trinajstić information content (AvgIpc) is 2.58. The molecule has 0 saturated heterocycles. The lowest BCUT2D eigenvalue weighted by Crippen LogP contribution is -2.09. The maximum Gasteiger partial charge on any atom is 0.0681 e.